The van der Waals surface area contributed by atoms with Gasteiger partial charge in [-0.3, -0.25) is 0 Å². The first kappa shape index (κ1) is 15.3. The van der Waals surface area contributed by atoms with Gasteiger partial charge in [0.05, 0.1) is 0 Å². The molecule has 0 heterocycles. The van der Waals surface area contributed by atoms with Crippen LogP contribution in [0, 0.1) is 0 Å². The van der Waals surface area contributed by atoms with Gasteiger partial charge in [-0.05, 0) is 42.3 Å². The zero-order chi connectivity index (χ0) is 15.9. The second kappa shape index (κ2) is 7.61. The monoisotopic (exact) mass is 303 g/mol. The van der Waals surface area contributed by atoms with Crippen LogP contribution in [0.15, 0.2) is 84.9 Å². The minimum atomic E-state index is 0.330. The molecule has 0 bridgehead atoms. The maximum atomic E-state index is 5.81. The van der Waals surface area contributed by atoms with E-state index in [2.05, 4.69) is 48.6 Å². The molecule has 3 aromatic rings. The van der Waals surface area contributed by atoms with E-state index in [1.54, 1.807) is 0 Å². The zero-order valence-corrected chi connectivity index (χ0v) is 13.3. The van der Waals surface area contributed by atoms with Crippen LogP contribution < -0.4 is 10.1 Å². The normalized spacial score (nSPS) is 11.9. The minimum absolute atomic E-state index is 0.330. The molecule has 1 atom stereocenters. The van der Waals surface area contributed by atoms with Gasteiger partial charge in [0.1, 0.15) is 11.5 Å². The first-order valence-electron chi connectivity index (χ1n) is 7.91. The molecular formula is C21H21NO. The van der Waals surface area contributed by atoms with Gasteiger partial charge in [-0.1, -0.05) is 60.7 Å². The van der Waals surface area contributed by atoms with Gasteiger partial charge in [-0.2, -0.15) is 0 Å². The van der Waals surface area contributed by atoms with E-state index < -0.39 is 0 Å². The van der Waals surface area contributed by atoms with Gasteiger partial charge in [0.25, 0.3) is 0 Å². The number of rotatable bonds is 6. The Morgan fingerprint density at radius 3 is 1.96 bits per heavy atom. The summed E-state index contributed by atoms with van der Waals surface area (Å²) in [5.41, 5.74) is 2.55. The fraction of sp³-hybridized carbons (Fsp3) is 0.143. The number of benzene rings is 3. The van der Waals surface area contributed by atoms with Crippen LogP contribution in [0.2, 0.25) is 0 Å². The smallest absolute Gasteiger partial charge is 0.127 e. The maximum Gasteiger partial charge on any atom is 0.127 e. The first-order valence-corrected chi connectivity index (χ1v) is 7.91. The van der Waals surface area contributed by atoms with Gasteiger partial charge < -0.3 is 10.1 Å². The van der Waals surface area contributed by atoms with Crippen LogP contribution in [0.1, 0.15) is 24.1 Å². The second-order valence-corrected chi connectivity index (χ2v) is 5.57. The van der Waals surface area contributed by atoms with Crippen molar-refractivity contribution in [1.82, 2.24) is 5.32 Å². The number of nitrogens with one attached hydrogen (secondary N) is 1. The molecule has 3 rings (SSSR count). The summed E-state index contributed by atoms with van der Waals surface area (Å²) in [6, 6.07) is 28.9. The summed E-state index contributed by atoms with van der Waals surface area (Å²) < 4.78 is 5.81. The van der Waals surface area contributed by atoms with Crippen molar-refractivity contribution in [3.8, 4) is 11.5 Å². The standard InChI is InChI=1S/C21H21NO/c1-17(19-8-4-2-5-9-19)22-16-18-12-14-21(15-13-18)23-20-10-6-3-7-11-20/h2-15,17,22H,16H2,1H3. The van der Waals surface area contributed by atoms with Crippen LogP contribution >= 0.6 is 0 Å². The van der Waals surface area contributed by atoms with Gasteiger partial charge in [-0.15, -0.1) is 0 Å². The summed E-state index contributed by atoms with van der Waals surface area (Å²) in [5, 5.41) is 3.54. The highest BCUT2D eigenvalue weighted by molar-refractivity contribution is 5.33. The molecule has 0 saturated carbocycles. The molecule has 2 nitrogen and oxygen atoms in total. The Bertz CT molecular complexity index is 708. The van der Waals surface area contributed by atoms with E-state index in [1.165, 1.54) is 11.1 Å². The molecule has 1 N–H and O–H groups in total. The molecule has 0 aliphatic carbocycles. The average molecular weight is 303 g/mol. The predicted octanol–water partition coefficient (Wildman–Crippen LogP) is 5.33. The van der Waals surface area contributed by atoms with E-state index in [-0.39, 0.29) is 0 Å². The molecule has 23 heavy (non-hydrogen) atoms. The van der Waals surface area contributed by atoms with E-state index in [0.717, 1.165) is 18.0 Å². The van der Waals surface area contributed by atoms with Crippen molar-refractivity contribution in [2.24, 2.45) is 0 Å². The Hall–Kier alpha value is -2.58. The highest BCUT2D eigenvalue weighted by Gasteiger charge is 2.04. The van der Waals surface area contributed by atoms with E-state index in [0.29, 0.717) is 6.04 Å². The molecule has 0 radical (unpaired) electrons. The SMILES string of the molecule is CC(NCc1ccc(Oc2ccccc2)cc1)c1ccccc1. The van der Waals surface area contributed by atoms with E-state index in [1.807, 2.05) is 48.5 Å². The van der Waals surface area contributed by atoms with E-state index in [9.17, 15) is 0 Å². The molecule has 0 amide bonds. The Balaban J connectivity index is 1.55. The minimum Gasteiger partial charge on any atom is -0.457 e. The molecule has 0 aromatic heterocycles. The van der Waals surface area contributed by atoms with Crippen molar-refractivity contribution in [3.63, 3.8) is 0 Å². The lowest BCUT2D eigenvalue weighted by Crippen LogP contribution is -2.17. The van der Waals surface area contributed by atoms with Crippen LogP contribution in [0.4, 0.5) is 0 Å². The van der Waals surface area contributed by atoms with Crippen molar-refractivity contribution >= 4 is 0 Å². The van der Waals surface area contributed by atoms with Crippen molar-refractivity contribution in [3.05, 3.63) is 96.1 Å². The average Bonchev–Trinajstić information content (AvgIpc) is 2.62. The maximum absolute atomic E-state index is 5.81. The number of ether oxygens (including phenoxy) is 1. The summed E-state index contributed by atoms with van der Waals surface area (Å²) in [6.45, 7) is 3.02. The third-order valence-electron chi connectivity index (χ3n) is 3.81. The Kier molecular flexibility index (Phi) is 5.07. The summed E-state index contributed by atoms with van der Waals surface area (Å²) in [7, 11) is 0. The largest absolute Gasteiger partial charge is 0.457 e. The van der Waals surface area contributed by atoms with Crippen LogP contribution in [0.5, 0.6) is 11.5 Å². The second-order valence-electron chi connectivity index (χ2n) is 5.57. The van der Waals surface area contributed by atoms with Gasteiger partial charge in [0.2, 0.25) is 0 Å². The van der Waals surface area contributed by atoms with Crippen LogP contribution in [0.25, 0.3) is 0 Å². The molecule has 0 aliphatic rings. The number of para-hydroxylation sites is 1. The van der Waals surface area contributed by atoms with Crippen molar-refractivity contribution < 1.29 is 4.74 Å². The number of hydrogen-bond donors (Lipinski definition) is 1. The fourth-order valence-corrected chi connectivity index (χ4v) is 2.43. The molecule has 3 aromatic carbocycles. The van der Waals surface area contributed by atoms with Crippen molar-refractivity contribution in [1.29, 1.82) is 0 Å². The summed E-state index contributed by atoms with van der Waals surface area (Å²) in [4.78, 5) is 0. The zero-order valence-electron chi connectivity index (χ0n) is 13.3. The summed E-state index contributed by atoms with van der Waals surface area (Å²) in [6.07, 6.45) is 0. The predicted molar refractivity (Wildman–Crippen MR) is 94.7 cm³/mol. The van der Waals surface area contributed by atoms with Crippen LogP contribution in [-0.4, -0.2) is 0 Å². The quantitative estimate of drug-likeness (QED) is 0.664. The van der Waals surface area contributed by atoms with Crippen LogP contribution in [0.3, 0.4) is 0 Å². The highest BCUT2D eigenvalue weighted by atomic mass is 16.5. The first-order chi connectivity index (χ1) is 11.3. The molecule has 1 unspecified atom stereocenters. The summed E-state index contributed by atoms with van der Waals surface area (Å²) >= 11 is 0. The van der Waals surface area contributed by atoms with E-state index >= 15 is 0 Å². The molecule has 0 spiro atoms. The van der Waals surface area contributed by atoms with E-state index in [4.69, 9.17) is 4.74 Å². The molecule has 0 aliphatic heterocycles. The Morgan fingerprint density at radius 2 is 1.30 bits per heavy atom. The van der Waals surface area contributed by atoms with Crippen LogP contribution in [-0.2, 0) is 6.54 Å². The lowest BCUT2D eigenvalue weighted by atomic mass is 10.1. The lowest BCUT2D eigenvalue weighted by molar-refractivity contribution is 0.482. The molecular weight excluding hydrogens is 282 g/mol. The van der Waals surface area contributed by atoms with Gasteiger partial charge >= 0.3 is 0 Å². The van der Waals surface area contributed by atoms with Gasteiger partial charge in [-0.25, -0.2) is 0 Å². The third-order valence-corrected chi connectivity index (χ3v) is 3.81. The molecule has 2 heteroatoms. The fourth-order valence-electron chi connectivity index (χ4n) is 2.43. The molecule has 0 fully saturated rings. The van der Waals surface area contributed by atoms with Crippen molar-refractivity contribution in [2.75, 3.05) is 0 Å². The number of hydrogen-bond acceptors (Lipinski definition) is 2. The Morgan fingerprint density at radius 1 is 0.739 bits per heavy atom. The van der Waals surface area contributed by atoms with Crippen molar-refractivity contribution in [2.45, 2.75) is 19.5 Å². The molecule has 0 saturated heterocycles. The topological polar surface area (TPSA) is 21.3 Å². The van der Waals surface area contributed by atoms with Gasteiger partial charge in [0.15, 0.2) is 0 Å². The van der Waals surface area contributed by atoms with Gasteiger partial charge in [0, 0.05) is 12.6 Å². The summed E-state index contributed by atoms with van der Waals surface area (Å²) in [5.74, 6) is 1.71. The lowest BCUT2D eigenvalue weighted by Gasteiger charge is -2.14. The highest BCUT2D eigenvalue weighted by Crippen LogP contribution is 2.21. The Labute approximate surface area is 137 Å². The third kappa shape index (κ3) is 4.44. The molecule has 116 valence electrons.